The van der Waals surface area contributed by atoms with Gasteiger partial charge in [-0.3, -0.25) is 14.5 Å². The maximum absolute atomic E-state index is 12.2. The molecule has 1 aliphatic heterocycles. The molecule has 2 N–H and O–H groups in total. The van der Waals surface area contributed by atoms with Gasteiger partial charge >= 0.3 is 0 Å². The van der Waals surface area contributed by atoms with Crippen LogP contribution in [0.5, 0.6) is 0 Å². The van der Waals surface area contributed by atoms with Crippen molar-refractivity contribution < 1.29 is 14.3 Å². The van der Waals surface area contributed by atoms with Crippen LogP contribution in [0.3, 0.4) is 0 Å². The molecule has 21 heavy (non-hydrogen) atoms. The summed E-state index contributed by atoms with van der Waals surface area (Å²) in [6.45, 7) is 7.52. The van der Waals surface area contributed by atoms with Crippen LogP contribution in [0, 0.1) is 5.41 Å². The van der Waals surface area contributed by atoms with Gasteiger partial charge < -0.3 is 15.4 Å². The number of ether oxygens (including phenoxy) is 1. The molecule has 0 aromatic heterocycles. The van der Waals surface area contributed by atoms with E-state index in [1.807, 2.05) is 0 Å². The van der Waals surface area contributed by atoms with E-state index in [2.05, 4.69) is 22.5 Å². The molecule has 0 aromatic rings. The molecular formula is C15H27N3O3. The SMILES string of the molecule is CCCCNC(=O)C1(C(=O)NCCN2CCOCC2)CC1. The van der Waals surface area contributed by atoms with Crippen molar-refractivity contribution in [1.29, 1.82) is 0 Å². The molecule has 2 aliphatic rings. The van der Waals surface area contributed by atoms with Gasteiger partial charge in [-0.05, 0) is 19.3 Å². The Kier molecular flexibility index (Phi) is 5.99. The Bertz CT molecular complexity index is 363. The van der Waals surface area contributed by atoms with Crippen LogP contribution in [-0.2, 0) is 14.3 Å². The highest BCUT2D eigenvalue weighted by Gasteiger charge is 2.56. The molecule has 0 atom stereocenters. The fourth-order valence-electron chi connectivity index (χ4n) is 2.55. The largest absolute Gasteiger partial charge is 0.379 e. The molecule has 0 bridgehead atoms. The van der Waals surface area contributed by atoms with Gasteiger partial charge in [-0.25, -0.2) is 0 Å². The maximum atomic E-state index is 12.2. The zero-order chi connectivity index (χ0) is 15.1. The standard InChI is InChI=1S/C15H27N3O3/c1-2-3-6-16-13(19)15(4-5-15)14(20)17-7-8-18-9-11-21-12-10-18/h2-12H2,1H3,(H,16,19)(H,17,20). The monoisotopic (exact) mass is 297 g/mol. The molecule has 6 nitrogen and oxygen atoms in total. The van der Waals surface area contributed by atoms with Gasteiger partial charge in [0.2, 0.25) is 11.8 Å². The van der Waals surface area contributed by atoms with Gasteiger partial charge in [0, 0.05) is 32.7 Å². The minimum atomic E-state index is -0.779. The van der Waals surface area contributed by atoms with Gasteiger partial charge in [-0.15, -0.1) is 0 Å². The lowest BCUT2D eigenvalue weighted by molar-refractivity contribution is -0.137. The molecule has 2 rings (SSSR count). The lowest BCUT2D eigenvalue weighted by Gasteiger charge is -2.26. The summed E-state index contributed by atoms with van der Waals surface area (Å²) in [6, 6.07) is 0. The number of nitrogens with zero attached hydrogens (tertiary/aromatic N) is 1. The number of morpholine rings is 1. The first-order valence-corrected chi connectivity index (χ1v) is 8.06. The van der Waals surface area contributed by atoms with E-state index < -0.39 is 5.41 Å². The maximum Gasteiger partial charge on any atom is 0.235 e. The summed E-state index contributed by atoms with van der Waals surface area (Å²) in [7, 11) is 0. The number of hydrogen-bond acceptors (Lipinski definition) is 4. The summed E-state index contributed by atoms with van der Waals surface area (Å²) in [5.74, 6) is -0.204. The zero-order valence-corrected chi connectivity index (χ0v) is 13.0. The first-order chi connectivity index (χ1) is 10.2. The van der Waals surface area contributed by atoms with Crippen molar-refractivity contribution in [1.82, 2.24) is 15.5 Å². The average Bonchev–Trinajstić information content (AvgIpc) is 3.30. The minimum absolute atomic E-state index is 0.0974. The third kappa shape index (κ3) is 4.41. The molecule has 6 heteroatoms. The van der Waals surface area contributed by atoms with Crippen molar-refractivity contribution in [2.75, 3.05) is 45.9 Å². The van der Waals surface area contributed by atoms with Crippen molar-refractivity contribution >= 4 is 11.8 Å². The number of hydrogen-bond donors (Lipinski definition) is 2. The van der Waals surface area contributed by atoms with E-state index in [1.165, 1.54) is 0 Å². The number of rotatable bonds is 8. The molecule has 1 heterocycles. The van der Waals surface area contributed by atoms with Crippen LogP contribution in [0.25, 0.3) is 0 Å². The van der Waals surface area contributed by atoms with E-state index in [0.29, 0.717) is 25.9 Å². The van der Waals surface area contributed by atoms with E-state index in [1.54, 1.807) is 0 Å². The molecule has 0 spiro atoms. The Balaban J connectivity index is 1.68. The molecule has 1 saturated heterocycles. The van der Waals surface area contributed by atoms with Gasteiger partial charge in [0.05, 0.1) is 13.2 Å². The molecule has 2 fully saturated rings. The molecule has 120 valence electrons. The minimum Gasteiger partial charge on any atom is -0.379 e. The Morgan fingerprint density at radius 3 is 2.29 bits per heavy atom. The molecule has 0 unspecified atom stereocenters. The van der Waals surface area contributed by atoms with Crippen LogP contribution >= 0.6 is 0 Å². The Morgan fingerprint density at radius 2 is 1.71 bits per heavy atom. The van der Waals surface area contributed by atoms with Crippen molar-refractivity contribution in [2.24, 2.45) is 5.41 Å². The summed E-state index contributed by atoms with van der Waals surface area (Å²) in [4.78, 5) is 26.6. The predicted molar refractivity (Wildman–Crippen MR) is 79.9 cm³/mol. The summed E-state index contributed by atoms with van der Waals surface area (Å²) in [5.41, 5.74) is -0.779. The third-order valence-corrected chi connectivity index (χ3v) is 4.25. The highest BCUT2D eigenvalue weighted by atomic mass is 16.5. The van der Waals surface area contributed by atoms with Gasteiger partial charge in [-0.1, -0.05) is 13.3 Å². The first kappa shape index (κ1) is 16.2. The third-order valence-electron chi connectivity index (χ3n) is 4.25. The summed E-state index contributed by atoms with van der Waals surface area (Å²) in [6.07, 6.45) is 3.35. The van der Waals surface area contributed by atoms with Gasteiger partial charge in [0.15, 0.2) is 0 Å². The fraction of sp³-hybridized carbons (Fsp3) is 0.867. The number of carbonyl (C=O) groups excluding carboxylic acids is 2. The van der Waals surface area contributed by atoms with Crippen LogP contribution in [0.1, 0.15) is 32.6 Å². The highest BCUT2D eigenvalue weighted by Crippen LogP contribution is 2.46. The summed E-state index contributed by atoms with van der Waals surface area (Å²) < 4.78 is 5.29. The molecule has 0 radical (unpaired) electrons. The van der Waals surface area contributed by atoms with E-state index in [4.69, 9.17) is 4.74 Å². The predicted octanol–water partition coefficient (Wildman–Crippen LogP) is 0.131. The van der Waals surface area contributed by atoms with Crippen molar-refractivity contribution in [2.45, 2.75) is 32.6 Å². The molecule has 1 saturated carbocycles. The molecule has 0 aromatic carbocycles. The smallest absolute Gasteiger partial charge is 0.235 e. The molecule has 2 amide bonds. The van der Waals surface area contributed by atoms with Gasteiger partial charge in [-0.2, -0.15) is 0 Å². The van der Waals surface area contributed by atoms with Gasteiger partial charge in [0.1, 0.15) is 5.41 Å². The van der Waals surface area contributed by atoms with Crippen LogP contribution < -0.4 is 10.6 Å². The van der Waals surface area contributed by atoms with E-state index in [-0.39, 0.29) is 11.8 Å². The lowest BCUT2D eigenvalue weighted by atomic mass is 10.1. The van der Waals surface area contributed by atoms with Crippen molar-refractivity contribution in [3.8, 4) is 0 Å². The van der Waals surface area contributed by atoms with E-state index in [0.717, 1.165) is 45.7 Å². The zero-order valence-electron chi connectivity index (χ0n) is 13.0. The van der Waals surface area contributed by atoms with Crippen molar-refractivity contribution in [3.05, 3.63) is 0 Å². The lowest BCUT2D eigenvalue weighted by Crippen LogP contribution is -2.46. The normalized spacial score (nSPS) is 20.8. The molecular weight excluding hydrogens is 270 g/mol. The highest BCUT2D eigenvalue weighted by molar-refractivity contribution is 6.07. The first-order valence-electron chi connectivity index (χ1n) is 8.06. The Hall–Kier alpha value is -1.14. The van der Waals surface area contributed by atoms with E-state index in [9.17, 15) is 9.59 Å². The Labute approximate surface area is 126 Å². The summed E-state index contributed by atoms with van der Waals surface area (Å²) in [5, 5.41) is 5.80. The van der Waals surface area contributed by atoms with Crippen LogP contribution in [0.4, 0.5) is 0 Å². The number of amides is 2. The second-order valence-corrected chi connectivity index (χ2v) is 5.90. The number of carbonyl (C=O) groups is 2. The topological polar surface area (TPSA) is 70.7 Å². The number of nitrogens with one attached hydrogen (secondary N) is 2. The fourth-order valence-corrected chi connectivity index (χ4v) is 2.55. The second-order valence-electron chi connectivity index (χ2n) is 5.90. The second kappa shape index (κ2) is 7.75. The average molecular weight is 297 g/mol. The van der Waals surface area contributed by atoms with Crippen LogP contribution in [-0.4, -0.2) is 62.7 Å². The quantitative estimate of drug-likeness (QED) is 0.493. The van der Waals surface area contributed by atoms with Crippen LogP contribution in [0.15, 0.2) is 0 Å². The van der Waals surface area contributed by atoms with Crippen molar-refractivity contribution in [3.63, 3.8) is 0 Å². The number of unbranched alkanes of at least 4 members (excludes halogenated alkanes) is 1. The Morgan fingerprint density at radius 1 is 1.10 bits per heavy atom. The summed E-state index contributed by atoms with van der Waals surface area (Å²) >= 11 is 0. The molecule has 1 aliphatic carbocycles. The van der Waals surface area contributed by atoms with Crippen LogP contribution in [0.2, 0.25) is 0 Å². The van der Waals surface area contributed by atoms with E-state index >= 15 is 0 Å². The van der Waals surface area contributed by atoms with Gasteiger partial charge in [0.25, 0.3) is 0 Å².